The molecular weight excluding hydrogens is 356 g/mol. The Morgan fingerprint density at radius 3 is 2.73 bits per heavy atom. The molecule has 0 spiro atoms. The molecule has 4 atom stereocenters. The summed E-state index contributed by atoms with van der Waals surface area (Å²) in [6.45, 7) is 5.21. The van der Waals surface area contributed by atoms with Crippen LogP contribution >= 0.6 is 15.9 Å². The van der Waals surface area contributed by atoms with Crippen LogP contribution < -0.4 is 11.2 Å². The van der Waals surface area contributed by atoms with Crippen LogP contribution in [0.2, 0.25) is 0 Å². The molecule has 0 amide bonds. The van der Waals surface area contributed by atoms with Crippen molar-refractivity contribution >= 4 is 21.9 Å². The molecule has 1 fully saturated rings. The molecule has 0 bridgehead atoms. The predicted molar refractivity (Wildman–Crippen MR) is 82.9 cm³/mol. The molecule has 122 valence electrons. The number of aromatic nitrogens is 2. The molecule has 0 saturated carbocycles. The number of rotatable bonds is 4. The van der Waals surface area contributed by atoms with Gasteiger partial charge >= 0.3 is 11.7 Å². The molecule has 0 aromatic carbocycles. The second-order valence-electron chi connectivity index (χ2n) is 5.36. The van der Waals surface area contributed by atoms with Crippen LogP contribution in [0.5, 0.6) is 0 Å². The van der Waals surface area contributed by atoms with Gasteiger partial charge in [-0.1, -0.05) is 29.8 Å². The summed E-state index contributed by atoms with van der Waals surface area (Å²) in [4.78, 5) is 37.4. The molecule has 1 aliphatic rings. The van der Waals surface area contributed by atoms with E-state index in [1.807, 2.05) is 13.8 Å². The number of ether oxygens (including phenoxy) is 2. The van der Waals surface area contributed by atoms with Crippen molar-refractivity contribution in [2.75, 3.05) is 0 Å². The maximum Gasteiger partial charge on any atom is 0.330 e. The maximum absolute atomic E-state index is 12.1. The lowest BCUT2D eigenvalue weighted by Crippen LogP contribution is -2.38. The van der Waals surface area contributed by atoms with Gasteiger partial charge in [-0.2, -0.15) is 0 Å². The van der Waals surface area contributed by atoms with Gasteiger partial charge < -0.3 is 9.47 Å². The molecule has 8 heteroatoms. The number of halogens is 1. The molecule has 2 heterocycles. The zero-order valence-electron chi connectivity index (χ0n) is 12.7. The number of alkyl halides is 1. The number of hydrogen-bond acceptors (Lipinski definition) is 5. The number of nitrogens with zero attached hydrogens (tertiary/aromatic N) is 1. The number of aromatic amines is 1. The summed E-state index contributed by atoms with van der Waals surface area (Å²) >= 11 is 3.21. The molecule has 1 aliphatic heterocycles. The quantitative estimate of drug-likeness (QED) is 0.633. The average molecular weight is 375 g/mol. The third-order valence-electron chi connectivity index (χ3n) is 3.86. The van der Waals surface area contributed by atoms with E-state index in [0.29, 0.717) is 10.9 Å². The van der Waals surface area contributed by atoms with E-state index in [1.165, 1.54) is 17.7 Å². The lowest BCUT2D eigenvalue weighted by Gasteiger charge is -2.22. The number of nitrogens with one attached hydrogen (secondary N) is 1. The number of hydrogen-bond donors (Lipinski definition) is 1. The molecular formula is C14H19BrN2O5. The Kier molecular flexibility index (Phi) is 5.23. The fraction of sp³-hybridized carbons (Fsp3) is 0.643. The Morgan fingerprint density at radius 1 is 1.50 bits per heavy atom. The Morgan fingerprint density at radius 2 is 2.18 bits per heavy atom. The van der Waals surface area contributed by atoms with Crippen LogP contribution in [-0.4, -0.2) is 27.7 Å². The van der Waals surface area contributed by atoms with Gasteiger partial charge in [0.2, 0.25) is 0 Å². The lowest BCUT2D eigenvalue weighted by atomic mass is 9.98. The Hall–Kier alpha value is -1.41. The van der Waals surface area contributed by atoms with Crippen LogP contribution in [-0.2, 0) is 19.6 Å². The SMILES string of the molecule is CC[C@H]1O[C@@H](n2cc(CBr)c(=O)[nH]c2=O)[C@@H](OC(C)=O)C1C. The summed E-state index contributed by atoms with van der Waals surface area (Å²) in [6, 6.07) is 0. The van der Waals surface area contributed by atoms with Crippen LogP contribution in [0.3, 0.4) is 0 Å². The van der Waals surface area contributed by atoms with Gasteiger partial charge in [0.25, 0.3) is 5.56 Å². The van der Waals surface area contributed by atoms with Crippen molar-refractivity contribution in [1.82, 2.24) is 9.55 Å². The highest BCUT2D eigenvalue weighted by atomic mass is 79.9. The molecule has 1 aromatic heterocycles. The smallest absolute Gasteiger partial charge is 0.330 e. The number of carbonyl (C=O) groups is 1. The van der Waals surface area contributed by atoms with Crippen LogP contribution in [0.1, 0.15) is 39.0 Å². The molecule has 0 radical (unpaired) electrons. The van der Waals surface area contributed by atoms with E-state index in [9.17, 15) is 14.4 Å². The van der Waals surface area contributed by atoms with E-state index in [0.717, 1.165) is 6.42 Å². The van der Waals surface area contributed by atoms with Crippen molar-refractivity contribution in [2.45, 2.75) is 51.0 Å². The summed E-state index contributed by atoms with van der Waals surface area (Å²) in [7, 11) is 0. The zero-order chi connectivity index (χ0) is 16.4. The average Bonchev–Trinajstić information content (AvgIpc) is 2.75. The minimum atomic E-state index is -0.744. The summed E-state index contributed by atoms with van der Waals surface area (Å²) in [5, 5.41) is 0.306. The molecule has 1 unspecified atom stereocenters. The first kappa shape index (κ1) is 17.0. The van der Waals surface area contributed by atoms with Gasteiger partial charge in [-0.25, -0.2) is 4.79 Å². The van der Waals surface area contributed by atoms with Gasteiger partial charge in [0.05, 0.1) is 6.10 Å². The standard InChI is InChI=1S/C14H19BrN2O5/c1-4-10-7(2)11(21-8(3)18)13(22-10)17-6-9(5-15)12(19)16-14(17)20/h6-7,10-11,13H,4-5H2,1-3H3,(H,16,19,20)/t7?,10-,11+,13-/m1/s1. The number of esters is 1. The predicted octanol–water partition coefficient (Wildman–Crippen LogP) is 1.31. The van der Waals surface area contributed by atoms with E-state index in [1.54, 1.807) is 0 Å². The lowest BCUT2D eigenvalue weighted by molar-refractivity contribution is -0.153. The fourth-order valence-electron chi connectivity index (χ4n) is 2.71. The van der Waals surface area contributed by atoms with Crippen molar-refractivity contribution in [3.63, 3.8) is 0 Å². The topological polar surface area (TPSA) is 90.4 Å². The molecule has 0 aliphatic carbocycles. The molecule has 2 rings (SSSR count). The van der Waals surface area contributed by atoms with E-state index in [-0.39, 0.29) is 12.0 Å². The molecule has 1 saturated heterocycles. The largest absolute Gasteiger partial charge is 0.457 e. The van der Waals surface area contributed by atoms with Crippen LogP contribution in [0.15, 0.2) is 15.8 Å². The highest BCUT2D eigenvalue weighted by Gasteiger charge is 2.44. The van der Waals surface area contributed by atoms with Gasteiger partial charge in [0.15, 0.2) is 12.3 Å². The van der Waals surface area contributed by atoms with E-state index in [4.69, 9.17) is 9.47 Å². The number of carbonyl (C=O) groups excluding carboxylic acids is 1. The first-order valence-corrected chi connectivity index (χ1v) is 8.24. The highest BCUT2D eigenvalue weighted by molar-refractivity contribution is 9.08. The summed E-state index contributed by atoms with van der Waals surface area (Å²) in [6.07, 6.45) is 0.738. The van der Waals surface area contributed by atoms with Crippen molar-refractivity contribution in [3.8, 4) is 0 Å². The van der Waals surface area contributed by atoms with Gasteiger partial charge in [-0.15, -0.1) is 0 Å². The summed E-state index contributed by atoms with van der Waals surface area (Å²) in [5.41, 5.74) is -0.626. The Labute approximate surface area is 135 Å². The van der Waals surface area contributed by atoms with E-state index in [2.05, 4.69) is 20.9 Å². The molecule has 1 N–H and O–H groups in total. The minimum Gasteiger partial charge on any atom is -0.457 e. The van der Waals surface area contributed by atoms with Crippen LogP contribution in [0.4, 0.5) is 0 Å². The Bertz CT molecular complexity index is 668. The first-order valence-electron chi connectivity index (χ1n) is 7.12. The number of H-pyrrole nitrogens is 1. The van der Waals surface area contributed by atoms with Crippen LogP contribution in [0.25, 0.3) is 0 Å². The third kappa shape index (κ3) is 3.17. The van der Waals surface area contributed by atoms with Gasteiger partial charge in [-0.3, -0.25) is 19.1 Å². The molecule has 1 aromatic rings. The summed E-state index contributed by atoms with van der Waals surface area (Å²) in [5.74, 6) is -0.481. The van der Waals surface area contributed by atoms with Gasteiger partial charge in [-0.05, 0) is 6.42 Å². The molecule has 22 heavy (non-hydrogen) atoms. The monoisotopic (exact) mass is 374 g/mol. The zero-order valence-corrected chi connectivity index (χ0v) is 14.3. The van der Waals surface area contributed by atoms with E-state index >= 15 is 0 Å². The van der Waals surface area contributed by atoms with Crippen molar-refractivity contribution in [2.24, 2.45) is 5.92 Å². The van der Waals surface area contributed by atoms with Crippen LogP contribution in [0, 0.1) is 5.92 Å². The second kappa shape index (κ2) is 6.78. The van der Waals surface area contributed by atoms with Crippen molar-refractivity contribution in [1.29, 1.82) is 0 Å². The minimum absolute atomic E-state index is 0.0508. The van der Waals surface area contributed by atoms with Gasteiger partial charge in [0.1, 0.15) is 0 Å². The highest BCUT2D eigenvalue weighted by Crippen LogP contribution is 2.36. The van der Waals surface area contributed by atoms with Gasteiger partial charge in [0, 0.05) is 29.9 Å². The second-order valence-corrected chi connectivity index (χ2v) is 5.92. The first-order chi connectivity index (χ1) is 10.4. The van der Waals surface area contributed by atoms with Crippen molar-refractivity contribution < 1.29 is 14.3 Å². The van der Waals surface area contributed by atoms with Crippen molar-refractivity contribution in [3.05, 3.63) is 32.6 Å². The third-order valence-corrected chi connectivity index (χ3v) is 4.47. The maximum atomic E-state index is 12.1. The normalized spacial score (nSPS) is 27.8. The summed E-state index contributed by atoms with van der Waals surface area (Å²) < 4.78 is 12.5. The fourth-order valence-corrected chi connectivity index (χ4v) is 3.11. The Balaban J connectivity index is 2.46. The molecule has 7 nitrogen and oxygen atoms in total. The van der Waals surface area contributed by atoms with E-state index < -0.39 is 29.6 Å².